The number of hydrogen-bond acceptors (Lipinski definition) is 4. The molecule has 0 amide bonds. The van der Waals surface area contributed by atoms with Crippen molar-refractivity contribution in [3.8, 4) is 0 Å². The van der Waals surface area contributed by atoms with E-state index in [1.165, 1.54) is 0 Å². The van der Waals surface area contributed by atoms with Crippen molar-refractivity contribution in [1.82, 2.24) is 13.3 Å². The van der Waals surface area contributed by atoms with Gasteiger partial charge in [0.1, 0.15) is 0 Å². The lowest BCUT2D eigenvalue weighted by molar-refractivity contribution is 0.0180. The number of halogens is 2. The first-order chi connectivity index (χ1) is 9.00. The Morgan fingerprint density at radius 3 is 2.30 bits per heavy atom. The van der Waals surface area contributed by atoms with Gasteiger partial charge >= 0.3 is 0 Å². The Labute approximate surface area is 117 Å². The molecule has 0 radical (unpaired) electrons. The van der Waals surface area contributed by atoms with Crippen molar-refractivity contribution in [2.45, 2.75) is 24.8 Å². The van der Waals surface area contributed by atoms with E-state index >= 15 is 0 Å². The zero-order valence-electron chi connectivity index (χ0n) is 10.9. The quantitative estimate of drug-likeness (QED) is 0.729. The highest BCUT2D eigenvalue weighted by Gasteiger charge is 2.46. The number of hydrogen-bond donors (Lipinski definition) is 1. The molecular weight excluding hydrogens is 316 g/mol. The van der Waals surface area contributed by atoms with Crippen LogP contribution in [0.15, 0.2) is 0 Å². The molecular formula is C9H17F2N3O4S2. The van der Waals surface area contributed by atoms with Gasteiger partial charge in [0.2, 0.25) is 10.0 Å². The second-order valence-electron chi connectivity index (χ2n) is 5.18. The van der Waals surface area contributed by atoms with Crippen molar-refractivity contribution in [3.63, 3.8) is 0 Å². The molecule has 0 saturated carbocycles. The number of nitrogens with zero attached hydrogens (tertiary/aromatic N) is 2. The highest BCUT2D eigenvalue weighted by molar-refractivity contribution is 7.88. The molecule has 2 aliphatic heterocycles. The molecule has 0 aromatic heterocycles. The van der Waals surface area contributed by atoms with Crippen LogP contribution in [0.25, 0.3) is 0 Å². The van der Waals surface area contributed by atoms with Gasteiger partial charge in [0.15, 0.2) is 0 Å². The first-order valence-electron chi connectivity index (χ1n) is 6.10. The predicted octanol–water partition coefficient (Wildman–Crippen LogP) is -0.804. The fourth-order valence-corrected chi connectivity index (χ4v) is 4.90. The topological polar surface area (TPSA) is 86.8 Å². The van der Waals surface area contributed by atoms with Crippen LogP contribution in [0.5, 0.6) is 0 Å². The van der Waals surface area contributed by atoms with Crippen molar-refractivity contribution in [1.29, 1.82) is 0 Å². The largest absolute Gasteiger partial charge is 0.282 e. The first-order valence-corrected chi connectivity index (χ1v) is 9.39. The summed E-state index contributed by atoms with van der Waals surface area (Å²) in [4.78, 5) is 0. The number of alkyl halides is 2. The van der Waals surface area contributed by atoms with Crippen LogP contribution in [-0.4, -0.2) is 69.8 Å². The van der Waals surface area contributed by atoms with E-state index in [0.29, 0.717) is 6.42 Å². The Morgan fingerprint density at radius 2 is 1.80 bits per heavy atom. The van der Waals surface area contributed by atoms with Gasteiger partial charge in [-0.2, -0.15) is 17.0 Å². The molecule has 2 rings (SSSR count). The molecule has 118 valence electrons. The van der Waals surface area contributed by atoms with Crippen molar-refractivity contribution in [3.05, 3.63) is 0 Å². The van der Waals surface area contributed by atoms with Gasteiger partial charge < -0.3 is 0 Å². The summed E-state index contributed by atoms with van der Waals surface area (Å²) in [5.41, 5.74) is 0. The van der Waals surface area contributed by atoms with Crippen LogP contribution in [0.3, 0.4) is 0 Å². The zero-order valence-corrected chi connectivity index (χ0v) is 12.6. The van der Waals surface area contributed by atoms with E-state index in [1.807, 2.05) is 0 Å². The standard InChI is InChI=1S/C9H17F2N3O4S2/c1-19(15,16)12-8-2-4-13(6-8)20(17,18)14-5-3-9(10,11)7-14/h8,12H,2-7H2,1H3/t8-/m0/s1. The summed E-state index contributed by atoms with van der Waals surface area (Å²) >= 11 is 0. The summed E-state index contributed by atoms with van der Waals surface area (Å²) in [7, 11) is -7.37. The minimum atomic E-state index is -3.95. The van der Waals surface area contributed by atoms with Gasteiger partial charge in [-0.05, 0) is 6.42 Å². The molecule has 1 atom stereocenters. The van der Waals surface area contributed by atoms with Gasteiger partial charge in [0, 0.05) is 32.1 Å². The van der Waals surface area contributed by atoms with E-state index in [-0.39, 0.29) is 19.6 Å². The second-order valence-corrected chi connectivity index (χ2v) is 8.89. The lowest BCUT2D eigenvalue weighted by Crippen LogP contribution is -2.44. The molecule has 0 aromatic carbocycles. The maximum absolute atomic E-state index is 13.1. The molecule has 0 bridgehead atoms. The predicted molar refractivity (Wildman–Crippen MR) is 68.0 cm³/mol. The van der Waals surface area contributed by atoms with Crippen LogP contribution in [-0.2, 0) is 20.2 Å². The minimum Gasteiger partial charge on any atom is -0.213 e. The summed E-state index contributed by atoms with van der Waals surface area (Å²) in [5, 5.41) is 0. The lowest BCUT2D eigenvalue weighted by atomic mass is 10.3. The third-order valence-electron chi connectivity index (χ3n) is 3.32. The molecule has 2 saturated heterocycles. The molecule has 1 N–H and O–H groups in total. The van der Waals surface area contributed by atoms with Crippen molar-refractivity contribution in [2.75, 3.05) is 32.4 Å². The maximum Gasteiger partial charge on any atom is 0.282 e. The minimum absolute atomic E-state index is 0.0303. The SMILES string of the molecule is CS(=O)(=O)N[C@H]1CCN(S(=O)(=O)N2CCC(F)(F)C2)C1. The number of sulfonamides is 1. The summed E-state index contributed by atoms with van der Waals surface area (Å²) in [6, 6.07) is -0.511. The monoisotopic (exact) mass is 333 g/mol. The zero-order chi connectivity index (χ0) is 15.2. The smallest absolute Gasteiger partial charge is 0.213 e. The molecule has 2 heterocycles. The van der Waals surface area contributed by atoms with Crippen LogP contribution in [0.4, 0.5) is 8.78 Å². The van der Waals surface area contributed by atoms with Crippen molar-refractivity contribution in [2.24, 2.45) is 0 Å². The van der Waals surface area contributed by atoms with E-state index in [4.69, 9.17) is 0 Å². The molecule has 0 spiro atoms. The van der Waals surface area contributed by atoms with Crippen LogP contribution in [0.1, 0.15) is 12.8 Å². The van der Waals surface area contributed by atoms with Crippen LogP contribution < -0.4 is 4.72 Å². The maximum atomic E-state index is 13.1. The third-order valence-corrected chi connectivity index (χ3v) is 6.03. The highest BCUT2D eigenvalue weighted by Crippen LogP contribution is 2.30. The average Bonchev–Trinajstić information content (AvgIpc) is 2.83. The lowest BCUT2D eigenvalue weighted by Gasteiger charge is -2.23. The van der Waals surface area contributed by atoms with E-state index in [2.05, 4.69) is 4.72 Å². The fourth-order valence-electron chi connectivity index (χ4n) is 2.40. The van der Waals surface area contributed by atoms with Crippen LogP contribution >= 0.6 is 0 Å². The summed E-state index contributed by atoms with van der Waals surface area (Å²) in [6.07, 6.45) is 0.840. The summed E-state index contributed by atoms with van der Waals surface area (Å²) in [6.45, 7) is -0.929. The Balaban J connectivity index is 2.02. The third kappa shape index (κ3) is 3.64. The summed E-state index contributed by atoms with van der Waals surface area (Å²) in [5.74, 6) is -2.99. The van der Waals surface area contributed by atoms with Crippen LogP contribution in [0, 0.1) is 0 Å². The van der Waals surface area contributed by atoms with Crippen LogP contribution in [0.2, 0.25) is 0 Å². The fraction of sp³-hybridized carbons (Fsp3) is 1.00. The molecule has 2 fully saturated rings. The van der Waals surface area contributed by atoms with Gasteiger partial charge in [-0.3, -0.25) is 0 Å². The van der Waals surface area contributed by atoms with E-state index < -0.39 is 45.2 Å². The van der Waals surface area contributed by atoms with E-state index in [0.717, 1.165) is 14.9 Å². The van der Waals surface area contributed by atoms with Crippen molar-refractivity contribution >= 4 is 20.2 Å². The molecule has 0 aromatic rings. The Morgan fingerprint density at radius 1 is 1.15 bits per heavy atom. The van der Waals surface area contributed by atoms with Gasteiger partial charge in [0.25, 0.3) is 16.1 Å². The molecule has 7 nitrogen and oxygen atoms in total. The van der Waals surface area contributed by atoms with Gasteiger partial charge in [0.05, 0.1) is 12.8 Å². The Bertz CT molecular complexity index is 578. The van der Waals surface area contributed by atoms with Gasteiger partial charge in [-0.25, -0.2) is 21.9 Å². The van der Waals surface area contributed by atoms with Gasteiger partial charge in [-0.15, -0.1) is 0 Å². The number of nitrogens with one attached hydrogen (secondary N) is 1. The van der Waals surface area contributed by atoms with Gasteiger partial charge in [-0.1, -0.05) is 0 Å². The first kappa shape index (κ1) is 16.0. The molecule has 0 unspecified atom stereocenters. The van der Waals surface area contributed by atoms with Crippen molar-refractivity contribution < 1.29 is 25.6 Å². The highest BCUT2D eigenvalue weighted by atomic mass is 32.2. The van der Waals surface area contributed by atoms with E-state index in [9.17, 15) is 25.6 Å². The molecule has 2 aliphatic rings. The molecule has 11 heteroatoms. The van der Waals surface area contributed by atoms with E-state index in [1.54, 1.807) is 0 Å². The normalized spacial score (nSPS) is 29.1. The average molecular weight is 333 g/mol. The molecule has 0 aliphatic carbocycles. The Kier molecular flexibility index (Phi) is 4.11. The Hall–Kier alpha value is -0.360. The molecule has 20 heavy (non-hydrogen) atoms. The number of rotatable bonds is 4. The second kappa shape index (κ2) is 5.13. The summed E-state index contributed by atoms with van der Waals surface area (Å²) < 4.78 is 76.9.